The van der Waals surface area contributed by atoms with Gasteiger partial charge in [0.2, 0.25) is 0 Å². The van der Waals surface area contributed by atoms with Gasteiger partial charge in [-0.1, -0.05) is 73.4 Å². The molecule has 0 radical (unpaired) electrons. The summed E-state index contributed by atoms with van der Waals surface area (Å²) >= 11 is 0. The molecule has 2 heteroatoms. The molecule has 2 saturated carbocycles. The molecule has 0 heterocycles. The van der Waals surface area contributed by atoms with Gasteiger partial charge in [-0.15, -0.1) is 0 Å². The Balaban J connectivity index is 1.29. The van der Waals surface area contributed by atoms with E-state index in [0.717, 1.165) is 29.9 Å². The summed E-state index contributed by atoms with van der Waals surface area (Å²) < 4.78 is 0. The van der Waals surface area contributed by atoms with Crippen LogP contribution in [0.25, 0.3) is 0 Å². The Bertz CT molecular complexity index is 823. The van der Waals surface area contributed by atoms with Crippen molar-refractivity contribution in [2.24, 2.45) is 5.92 Å². The molecule has 2 fully saturated rings. The molecule has 1 unspecified atom stereocenters. The average molecular weight is 404 g/mol. The maximum absolute atomic E-state index is 12.9. The summed E-state index contributed by atoms with van der Waals surface area (Å²) in [4.78, 5) is 15.2. The van der Waals surface area contributed by atoms with Gasteiger partial charge in [-0.3, -0.25) is 4.79 Å². The van der Waals surface area contributed by atoms with Crippen molar-refractivity contribution in [1.29, 1.82) is 0 Å². The molecule has 30 heavy (non-hydrogen) atoms. The standard InChI is InChI=1S/C28H37NO/c1-29(2)27-18-17-26(20-27)24-14-12-23(13-15-24)19-28(30)25-8-4-7-22(11-16-25)10-9-21-5-3-6-21/h7-8,11-16,21,26-27H,3-6,9-10,17-20H2,1-2H3/t26?,27-/m1/s1. The zero-order valence-electron chi connectivity index (χ0n) is 18.8. The van der Waals surface area contributed by atoms with Crippen LogP contribution in [0.5, 0.6) is 0 Å². The topological polar surface area (TPSA) is 20.3 Å². The van der Waals surface area contributed by atoms with Crippen molar-refractivity contribution in [3.05, 3.63) is 70.8 Å². The van der Waals surface area contributed by atoms with E-state index in [0.29, 0.717) is 18.4 Å². The maximum Gasteiger partial charge on any atom is 0.166 e. The highest BCUT2D eigenvalue weighted by Gasteiger charge is 2.27. The summed E-state index contributed by atoms with van der Waals surface area (Å²) in [6, 6.07) is 9.54. The van der Waals surface area contributed by atoms with Gasteiger partial charge in [0.05, 0.1) is 0 Å². The fraction of sp³-hybridized carbons (Fsp3) is 0.536. The number of hydrogen-bond donors (Lipinski definition) is 0. The Hall–Kier alpha value is -1.93. The van der Waals surface area contributed by atoms with Crippen LogP contribution in [-0.2, 0) is 11.2 Å². The summed E-state index contributed by atoms with van der Waals surface area (Å²) in [7, 11) is 4.37. The fourth-order valence-corrected chi connectivity index (χ4v) is 5.14. The molecule has 4 rings (SSSR count). The molecule has 3 aliphatic carbocycles. The molecule has 2 atom stereocenters. The molecule has 160 valence electrons. The normalized spacial score (nSPS) is 24.4. The van der Waals surface area contributed by atoms with Gasteiger partial charge in [0.15, 0.2) is 5.78 Å². The molecule has 2 nitrogen and oxygen atoms in total. The first kappa shape index (κ1) is 21.3. The van der Waals surface area contributed by atoms with Gasteiger partial charge in [0.1, 0.15) is 0 Å². The van der Waals surface area contributed by atoms with Gasteiger partial charge in [-0.2, -0.15) is 0 Å². The molecule has 0 bridgehead atoms. The second-order valence-corrected chi connectivity index (χ2v) is 9.81. The highest BCUT2D eigenvalue weighted by atomic mass is 16.1. The Morgan fingerprint density at radius 1 is 1.00 bits per heavy atom. The van der Waals surface area contributed by atoms with Gasteiger partial charge in [0.25, 0.3) is 0 Å². The molecule has 1 aromatic carbocycles. The predicted molar refractivity (Wildman–Crippen MR) is 126 cm³/mol. The first-order chi connectivity index (χ1) is 14.6. The van der Waals surface area contributed by atoms with E-state index in [9.17, 15) is 4.79 Å². The van der Waals surface area contributed by atoms with Gasteiger partial charge >= 0.3 is 0 Å². The van der Waals surface area contributed by atoms with E-state index in [-0.39, 0.29) is 5.78 Å². The second-order valence-electron chi connectivity index (χ2n) is 9.81. The monoisotopic (exact) mass is 403 g/mol. The van der Waals surface area contributed by atoms with Gasteiger partial charge in [0, 0.05) is 18.0 Å². The van der Waals surface area contributed by atoms with Gasteiger partial charge in [-0.25, -0.2) is 0 Å². The number of ketones is 1. The Kier molecular flexibility index (Phi) is 7.04. The summed E-state index contributed by atoms with van der Waals surface area (Å²) in [5.41, 5.74) is 4.84. The van der Waals surface area contributed by atoms with Crippen LogP contribution in [0.1, 0.15) is 74.8 Å². The third-order valence-corrected chi connectivity index (χ3v) is 7.53. The van der Waals surface area contributed by atoms with Crippen LogP contribution in [0, 0.1) is 5.92 Å². The van der Waals surface area contributed by atoms with Crippen LogP contribution in [0.15, 0.2) is 59.7 Å². The molecule has 0 amide bonds. The van der Waals surface area contributed by atoms with E-state index in [1.807, 2.05) is 0 Å². The van der Waals surface area contributed by atoms with Crippen molar-refractivity contribution >= 4 is 5.78 Å². The Labute approximate surface area is 182 Å². The van der Waals surface area contributed by atoms with Crippen molar-refractivity contribution < 1.29 is 4.79 Å². The molecule has 0 aromatic heterocycles. The minimum absolute atomic E-state index is 0.237. The number of hydrogen-bond acceptors (Lipinski definition) is 2. The van der Waals surface area contributed by atoms with Crippen LogP contribution in [0.3, 0.4) is 0 Å². The molecule has 3 aliphatic rings. The number of benzene rings is 1. The quantitative estimate of drug-likeness (QED) is 0.501. The summed E-state index contributed by atoms with van der Waals surface area (Å²) in [5.74, 6) is 1.85. The molecule has 0 aliphatic heterocycles. The Morgan fingerprint density at radius 2 is 1.80 bits per heavy atom. The third-order valence-electron chi connectivity index (χ3n) is 7.53. The van der Waals surface area contributed by atoms with E-state index in [4.69, 9.17) is 0 Å². The number of carbonyl (C=O) groups excluding carboxylic acids is 1. The number of nitrogens with zero attached hydrogens (tertiary/aromatic N) is 1. The second kappa shape index (κ2) is 9.92. The van der Waals surface area contributed by atoms with Crippen LogP contribution in [-0.4, -0.2) is 30.8 Å². The minimum atomic E-state index is 0.237. The predicted octanol–water partition coefficient (Wildman–Crippen LogP) is 6.39. The number of carbonyl (C=O) groups is 1. The number of Topliss-reactive ketones (excluding diaryl/α,β-unsaturated/α-hetero) is 1. The van der Waals surface area contributed by atoms with Crippen LogP contribution in [0.2, 0.25) is 0 Å². The maximum atomic E-state index is 12.9. The summed E-state index contributed by atoms with van der Waals surface area (Å²) in [6.07, 6.45) is 20.5. The summed E-state index contributed by atoms with van der Waals surface area (Å²) in [5, 5.41) is 0. The average Bonchev–Trinajstić information content (AvgIpc) is 3.08. The van der Waals surface area contributed by atoms with E-state index >= 15 is 0 Å². The van der Waals surface area contributed by atoms with Gasteiger partial charge in [-0.05, 0) is 75.6 Å². The van der Waals surface area contributed by atoms with Crippen molar-refractivity contribution in [2.45, 2.75) is 76.2 Å². The molecule has 0 N–H and O–H groups in total. The lowest BCUT2D eigenvalue weighted by molar-refractivity contribution is -0.114. The van der Waals surface area contributed by atoms with E-state index in [1.165, 1.54) is 56.1 Å². The zero-order valence-corrected chi connectivity index (χ0v) is 18.8. The molecular formula is C28H37NO. The molecule has 1 aromatic rings. The SMILES string of the molecule is CN(C)[C@@H]1CCC(c2ccc(CC(=O)C3=CCC=C(CCC4CCC4)C=C3)cc2)C1. The smallest absolute Gasteiger partial charge is 0.166 e. The number of allylic oxidation sites excluding steroid dienone is 6. The largest absolute Gasteiger partial charge is 0.306 e. The lowest BCUT2D eigenvalue weighted by Gasteiger charge is -2.25. The van der Waals surface area contributed by atoms with Crippen molar-refractivity contribution in [2.75, 3.05) is 14.1 Å². The van der Waals surface area contributed by atoms with Crippen molar-refractivity contribution in [3.8, 4) is 0 Å². The first-order valence-electron chi connectivity index (χ1n) is 11.9. The zero-order chi connectivity index (χ0) is 20.9. The first-order valence-corrected chi connectivity index (χ1v) is 11.9. The van der Waals surface area contributed by atoms with Gasteiger partial charge < -0.3 is 4.90 Å². The lowest BCUT2D eigenvalue weighted by Crippen LogP contribution is -2.24. The number of rotatable bonds is 8. The van der Waals surface area contributed by atoms with Crippen LogP contribution < -0.4 is 0 Å². The highest BCUT2D eigenvalue weighted by molar-refractivity contribution is 5.99. The molecular weight excluding hydrogens is 366 g/mol. The highest BCUT2D eigenvalue weighted by Crippen LogP contribution is 2.36. The van der Waals surface area contributed by atoms with Crippen molar-refractivity contribution in [3.63, 3.8) is 0 Å². The lowest BCUT2D eigenvalue weighted by atomic mass is 9.81. The Morgan fingerprint density at radius 3 is 2.47 bits per heavy atom. The molecule has 0 spiro atoms. The van der Waals surface area contributed by atoms with Crippen molar-refractivity contribution in [1.82, 2.24) is 4.90 Å². The van der Waals surface area contributed by atoms with E-state index < -0.39 is 0 Å². The van der Waals surface area contributed by atoms with E-state index in [1.54, 1.807) is 0 Å². The van der Waals surface area contributed by atoms with Crippen LogP contribution >= 0.6 is 0 Å². The van der Waals surface area contributed by atoms with E-state index in [2.05, 4.69) is 67.6 Å². The van der Waals surface area contributed by atoms with Crippen LogP contribution in [0.4, 0.5) is 0 Å². The molecule has 0 saturated heterocycles. The summed E-state index contributed by atoms with van der Waals surface area (Å²) in [6.45, 7) is 0. The minimum Gasteiger partial charge on any atom is -0.306 e. The fourth-order valence-electron chi connectivity index (χ4n) is 5.14. The third kappa shape index (κ3) is 5.40.